The molecule has 0 fully saturated rings. The first-order valence-corrected chi connectivity index (χ1v) is 4.74. The van der Waals surface area contributed by atoms with Crippen molar-refractivity contribution in [1.82, 2.24) is 10.3 Å². The molecule has 0 saturated heterocycles. The van der Waals surface area contributed by atoms with Gasteiger partial charge in [-0.1, -0.05) is 0 Å². The number of likely N-dealkylation sites (N-methyl/N-ethyl adjacent to an activating group) is 1. The minimum Gasteiger partial charge on any atom is -0.495 e. The Bertz CT molecular complexity index is 297. The Labute approximate surface area is 85.5 Å². The van der Waals surface area contributed by atoms with Crippen LogP contribution in [0.25, 0.3) is 0 Å². The third-order valence-electron chi connectivity index (χ3n) is 2.33. The highest BCUT2D eigenvalue weighted by molar-refractivity contribution is 5.24. The van der Waals surface area contributed by atoms with Crippen LogP contribution >= 0.6 is 0 Å². The van der Waals surface area contributed by atoms with Gasteiger partial charge in [-0.3, -0.25) is 4.98 Å². The summed E-state index contributed by atoms with van der Waals surface area (Å²) in [7, 11) is 3.62. The van der Waals surface area contributed by atoms with E-state index in [4.69, 9.17) is 4.74 Å². The third-order valence-corrected chi connectivity index (χ3v) is 2.33. The minimum absolute atomic E-state index is 0.0913. The zero-order chi connectivity index (χ0) is 10.6. The number of hydrogen-bond acceptors (Lipinski definition) is 3. The first-order chi connectivity index (χ1) is 6.57. The molecule has 0 atom stereocenters. The van der Waals surface area contributed by atoms with Gasteiger partial charge in [0, 0.05) is 11.7 Å². The Kier molecular flexibility index (Phi) is 3.47. The fourth-order valence-corrected chi connectivity index (χ4v) is 1.27. The summed E-state index contributed by atoms with van der Waals surface area (Å²) in [6.07, 6.45) is 4.53. The van der Waals surface area contributed by atoms with Gasteiger partial charge in [0.1, 0.15) is 5.75 Å². The lowest BCUT2D eigenvalue weighted by molar-refractivity contribution is 0.405. The van der Waals surface area contributed by atoms with E-state index in [0.717, 1.165) is 12.2 Å². The number of rotatable bonds is 4. The molecule has 78 valence electrons. The van der Waals surface area contributed by atoms with Crippen molar-refractivity contribution in [2.75, 3.05) is 14.2 Å². The lowest BCUT2D eigenvalue weighted by atomic mass is 9.96. The van der Waals surface area contributed by atoms with E-state index in [1.54, 1.807) is 13.3 Å². The predicted molar refractivity (Wildman–Crippen MR) is 57.6 cm³/mol. The number of nitrogens with one attached hydrogen (secondary N) is 1. The number of methoxy groups -OCH3 is 1. The molecule has 0 radical (unpaired) electrons. The van der Waals surface area contributed by atoms with E-state index in [2.05, 4.69) is 24.1 Å². The van der Waals surface area contributed by atoms with Crippen molar-refractivity contribution < 1.29 is 4.74 Å². The number of nitrogens with zero attached hydrogens (tertiary/aromatic N) is 1. The largest absolute Gasteiger partial charge is 0.495 e. The van der Waals surface area contributed by atoms with Crippen LogP contribution in [-0.4, -0.2) is 24.7 Å². The van der Waals surface area contributed by atoms with E-state index in [9.17, 15) is 0 Å². The molecule has 0 aliphatic rings. The van der Waals surface area contributed by atoms with Gasteiger partial charge in [0.2, 0.25) is 0 Å². The molecule has 0 spiro atoms. The van der Waals surface area contributed by atoms with E-state index in [0.29, 0.717) is 0 Å². The standard InChI is InChI=1S/C11H18N2O/c1-11(2,12-3)6-9-5-10(14-4)8-13-7-9/h5,7-8,12H,6H2,1-4H3. The van der Waals surface area contributed by atoms with Crippen LogP contribution in [0.2, 0.25) is 0 Å². The van der Waals surface area contributed by atoms with Gasteiger partial charge < -0.3 is 10.1 Å². The molecule has 0 saturated carbocycles. The van der Waals surface area contributed by atoms with Gasteiger partial charge in [-0.2, -0.15) is 0 Å². The maximum atomic E-state index is 5.12. The van der Waals surface area contributed by atoms with Gasteiger partial charge in [-0.25, -0.2) is 0 Å². The second-order valence-electron chi connectivity index (χ2n) is 4.04. The van der Waals surface area contributed by atoms with E-state index in [1.165, 1.54) is 5.56 Å². The third kappa shape index (κ3) is 3.00. The van der Waals surface area contributed by atoms with E-state index < -0.39 is 0 Å². The number of aromatic nitrogens is 1. The summed E-state index contributed by atoms with van der Waals surface area (Å²) in [5, 5.41) is 3.26. The predicted octanol–water partition coefficient (Wildman–Crippen LogP) is 1.63. The molecular weight excluding hydrogens is 176 g/mol. The first kappa shape index (κ1) is 11.0. The van der Waals surface area contributed by atoms with E-state index in [1.807, 2.05) is 19.3 Å². The van der Waals surface area contributed by atoms with Gasteiger partial charge >= 0.3 is 0 Å². The molecule has 0 aliphatic carbocycles. The maximum Gasteiger partial charge on any atom is 0.137 e. The highest BCUT2D eigenvalue weighted by atomic mass is 16.5. The van der Waals surface area contributed by atoms with Crippen molar-refractivity contribution in [2.24, 2.45) is 0 Å². The number of hydrogen-bond donors (Lipinski definition) is 1. The Balaban J connectivity index is 2.76. The van der Waals surface area contributed by atoms with Crippen molar-refractivity contribution in [3.63, 3.8) is 0 Å². The summed E-state index contributed by atoms with van der Waals surface area (Å²) in [5.41, 5.74) is 1.28. The molecule has 0 bridgehead atoms. The van der Waals surface area contributed by atoms with Crippen LogP contribution in [0.1, 0.15) is 19.4 Å². The van der Waals surface area contributed by atoms with E-state index >= 15 is 0 Å². The van der Waals surface area contributed by atoms with Crippen molar-refractivity contribution in [1.29, 1.82) is 0 Å². The van der Waals surface area contributed by atoms with Crippen molar-refractivity contribution >= 4 is 0 Å². The zero-order valence-corrected chi connectivity index (χ0v) is 9.29. The molecule has 0 unspecified atom stereocenters. The number of ether oxygens (including phenoxy) is 1. The summed E-state index contributed by atoms with van der Waals surface area (Å²) in [6.45, 7) is 4.32. The normalized spacial score (nSPS) is 11.4. The molecular formula is C11H18N2O. The molecule has 14 heavy (non-hydrogen) atoms. The molecule has 1 aromatic heterocycles. The van der Waals surface area contributed by atoms with Crippen molar-refractivity contribution in [3.8, 4) is 5.75 Å². The van der Waals surface area contributed by atoms with Gasteiger partial charge in [-0.15, -0.1) is 0 Å². The monoisotopic (exact) mass is 194 g/mol. The molecule has 3 heteroatoms. The fourth-order valence-electron chi connectivity index (χ4n) is 1.27. The van der Waals surface area contributed by atoms with Crippen LogP contribution in [0, 0.1) is 0 Å². The topological polar surface area (TPSA) is 34.2 Å². The Morgan fingerprint density at radius 1 is 1.43 bits per heavy atom. The Morgan fingerprint density at radius 2 is 2.14 bits per heavy atom. The summed E-state index contributed by atoms with van der Waals surface area (Å²) in [4.78, 5) is 4.12. The molecule has 0 aromatic carbocycles. The minimum atomic E-state index is 0.0913. The van der Waals surface area contributed by atoms with Crippen LogP contribution < -0.4 is 10.1 Å². The number of pyridine rings is 1. The lowest BCUT2D eigenvalue weighted by Crippen LogP contribution is -2.38. The molecule has 1 heterocycles. The molecule has 1 N–H and O–H groups in total. The Hall–Kier alpha value is -1.09. The fraction of sp³-hybridized carbons (Fsp3) is 0.545. The molecule has 1 aromatic rings. The van der Waals surface area contributed by atoms with E-state index in [-0.39, 0.29) is 5.54 Å². The SMILES string of the molecule is CNC(C)(C)Cc1cncc(OC)c1. The molecule has 0 amide bonds. The average molecular weight is 194 g/mol. The van der Waals surface area contributed by atoms with Crippen LogP contribution in [0.15, 0.2) is 18.5 Å². The van der Waals surface area contributed by atoms with Crippen LogP contribution in [0.4, 0.5) is 0 Å². The van der Waals surface area contributed by atoms with Gasteiger partial charge in [-0.05, 0) is 38.9 Å². The van der Waals surface area contributed by atoms with Gasteiger partial charge in [0.15, 0.2) is 0 Å². The van der Waals surface area contributed by atoms with Gasteiger partial charge in [0.25, 0.3) is 0 Å². The highest BCUT2D eigenvalue weighted by Crippen LogP contribution is 2.15. The molecule has 1 rings (SSSR count). The van der Waals surface area contributed by atoms with Crippen LogP contribution in [0.3, 0.4) is 0 Å². The van der Waals surface area contributed by atoms with Gasteiger partial charge in [0.05, 0.1) is 13.3 Å². The van der Waals surface area contributed by atoms with Crippen LogP contribution in [0.5, 0.6) is 5.75 Å². The summed E-state index contributed by atoms with van der Waals surface area (Å²) >= 11 is 0. The average Bonchev–Trinajstić information content (AvgIpc) is 2.17. The smallest absolute Gasteiger partial charge is 0.137 e. The molecule has 0 aliphatic heterocycles. The Morgan fingerprint density at radius 3 is 2.71 bits per heavy atom. The quantitative estimate of drug-likeness (QED) is 0.791. The summed E-state index contributed by atoms with van der Waals surface area (Å²) < 4.78 is 5.12. The van der Waals surface area contributed by atoms with Crippen molar-refractivity contribution in [3.05, 3.63) is 24.0 Å². The maximum absolute atomic E-state index is 5.12. The summed E-state index contributed by atoms with van der Waals surface area (Å²) in [6, 6.07) is 2.02. The van der Waals surface area contributed by atoms with Crippen LogP contribution in [-0.2, 0) is 6.42 Å². The second-order valence-corrected chi connectivity index (χ2v) is 4.04. The zero-order valence-electron chi connectivity index (χ0n) is 9.29. The van der Waals surface area contributed by atoms with Crippen molar-refractivity contribution in [2.45, 2.75) is 25.8 Å². The lowest BCUT2D eigenvalue weighted by Gasteiger charge is -2.23. The molecule has 3 nitrogen and oxygen atoms in total. The summed E-state index contributed by atoms with van der Waals surface area (Å²) in [5.74, 6) is 0.814. The highest BCUT2D eigenvalue weighted by Gasteiger charge is 2.15. The second kappa shape index (κ2) is 4.42. The first-order valence-electron chi connectivity index (χ1n) is 4.74.